The van der Waals surface area contributed by atoms with E-state index >= 15 is 0 Å². The molecule has 0 radical (unpaired) electrons. The summed E-state index contributed by atoms with van der Waals surface area (Å²) >= 11 is 0. The van der Waals surface area contributed by atoms with Crippen molar-refractivity contribution >= 4 is 0 Å². The van der Waals surface area contributed by atoms with Crippen LogP contribution in [0.15, 0.2) is 54.6 Å². The standard InChI is InChI=1S/C23H31NO/c1-18-10-9-11-19(2)24(18)17-16-23(3,25)22-15-8-7-14-21(22)20-12-5-4-6-13-20/h4-8,12-15,18-19,25H,9-11,16-17H2,1-3H3. The number of benzene rings is 2. The van der Waals surface area contributed by atoms with Gasteiger partial charge in [-0.2, -0.15) is 0 Å². The molecule has 2 heteroatoms. The summed E-state index contributed by atoms with van der Waals surface area (Å²) in [6.45, 7) is 7.55. The Labute approximate surface area is 152 Å². The molecule has 1 heterocycles. The van der Waals surface area contributed by atoms with Crippen LogP contribution in [0.4, 0.5) is 0 Å². The fraction of sp³-hybridized carbons (Fsp3) is 0.478. The monoisotopic (exact) mass is 337 g/mol. The summed E-state index contributed by atoms with van der Waals surface area (Å²) in [6, 6.07) is 19.9. The molecule has 2 aromatic carbocycles. The normalized spacial score (nSPS) is 24.0. The Bertz CT molecular complexity index is 670. The number of hydrogen-bond donors (Lipinski definition) is 1. The van der Waals surface area contributed by atoms with Crippen LogP contribution in [0.3, 0.4) is 0 Å². The SMILES string of the molecule is CC1CCCC(C)N1CCC(C)(O)c1ccccc1-c1ccccc1. The maximum Gasteiger partial charge on any atom is 0.0886 e. The minimum Gasteiger partial charge on any atom is -0.385 e. The number of hydrogen-bond acceptors (Lipinski definition) is 2. The summed E-state index contributed by atoms with van der Waals surface area (Å²) in [5.74, 6) is 0. The van der Waals surface area contributed by atoms with E-state index in [0.29, 0.717) is 12.1 Å². The van der Waals surface area contributed by atoms with Crippen molar-refractivity contribution in [1.29, 1.82) is 0 Å². The molecule has 0 amide bonds. The fourth-order valence-corrected chi connectivity index (χ4v) is 4.22. The van der Waals surface area contributed by atoms with Gasteiger partial charge in [-0.05, 0) is 56.7 Å². The first-order valence-electron chi connectivity index (χ1n) is 9.62. The molecular formula is C23H31NO. The van der Waals surface area contributed by atoms with Crippen LogP contribution in [-0.4, -0.2) is 28.6 Å². The van der Waals surface area contributed by atoms with Crippen molar-refractivity contribution in [3.63, 3.8) is 0 Å². The average molecular weight is 338 g/mol. The summed E-state index contributed by atoms with van der Waals surface area (Å²) in [5.41, 5.74) is 2.49. The molecule has 0 aliphatic carbocycles. The highest BCUT2D eigenvalue weighted by Gasteiger charge is 2.30. The molecule has 0 aromatic heterocycles. The minimum atomic E-state index is -0.830. The second-order valence-electron chi connectivity index (χ2n) is 7.80. The lowest BCUT2D eigenvalue weighted by molar-refractivity contribution is 0.0165. The second kappa shape index (κ2) is 7.72. The Morgan fingerprint density at radius 3 is 2.24 bits per heavy atom. The molecule has 2 nitrogen and oxygen atoms in total. The first kappa shape index (κ1) is 18.2. The maximum absolute atomic E-state index is 11.3. The van der Waals surface area contributed by atoms with Gasteiger partial charge in [-0.1, -0.05) is 61.0 Å². The van der Waals surface area contributed by atoms with E-state index in [1.54, 1.807) is 0 Å². The van der Waals surface area contributed by atoms with Crippen LogP contribution in [0, 0.1) is 0 Å². The van der Waals surface area contributed by atoms with Gasteiger partial charge < -0.3 is 5.11 Å². The summed E-state index contributed by atoms with van der Waals surface area (Å²) < 4.78 is 0. The molecule has 3 rings (SSSR count). The van der Waals surface area contributed by atoms with Crippen molar-refractivity contribution in [2.45, 2.75) is 64.1 Å². The lowest BCUT2D eigenvalue weighted by Gasteiger charge is -2.40. The van der Waals surface area contributed by atoms with E-state index in [9.17, 15) is 5.11 Å². The fourth-order valence-electron chi connectivity index (χ4n) is 4.22. The predicted octanol–water partition coefficient (Wildman–Crippen LogP) is 5.21. The van der Waals surface area contributed by atoms with Crippen LogP contribution in [0.5, 0.6) is 0 Å². The van der Waals surface area contributed by atoms with Crippen molar-refractivity contribution in [1.82, 2.24) is 4.90 Å². The van der Waals surface area contributed by atoms with Gasteiger partial charge in [0.1, 0.15) is 0 Å². The van der Waals surface area contributed by atoms with Gasteiger partial charge >= 0.3 is 0 Å². The highest BCUT2D eigenvalue weighted by atomic mass is 16.3. The molecule has 2 aromatic rings. The summed E-state index contributed by atoms with van der Waals surface area (Å²) in [6.07, 6.45) is 4.62. The van der Waals surface area contributed by atoms with E-state index in [1.807, 2.05) is 19.1 Å². The molecule has 1 N–H and O–H groups in total. The van der Waals surface area contributed by atoms with Gasteiger partial charge in [0.2, 0.25) is 0 Å². The summed E-state index contributed by atoms with van der Waals surface area (Å²) in [4.78, 5) is 2.57. The minimum absolute atomic E-state index is 0.615. The van der Waals surface area contributed by atoms with Crippen LogP contribution >= 0.6 is 0 Å². The number of rotatable bonds is 5. The van der Waals surface area contributed by atoms with E-state index < -0.39 is 5.60 Å². The molecule has 1 aliphatic rings. The van der Waals surface area contributed by atoms with E-state index in [-0.39, 0.29) is 0 Å². The Morgan fingerprint density at radius 2 is 1.56 bits per heavy atom. The van der Waals surface area contributed by atoms with Crippen molar-refractivity contribution in [3.05, 3.63) is 60.2 Å². The Morgan fingerprint density at radius 1 is 0.960 bits per heavy atom. The lowest BCUT2D eigenvalue weighted by Crippen LogP contribution is -2.45. The van der Waals surface area contributed by atoms with Crippen LogP contribution in [0.25, 0.3) is 11.1 Å². The zero-order valence-corrected chi connectivity index (χ0v) is 15.8. The van der Waals surface area contributed by atoms with Gasteiger partial charge in [0.15, 0.2) is 0 Å². The largest absolute Gasteiger partial charge is 0.385 e. The first-order chi connectivity index (χ1) is 12.0. The molecule has 3 unspecified atom stereocenters. The summed E-state index contributed by atoms with van der Waals surface area (Å²) in [7, 11) is 0. The molecule has 0 spiro atoms. The number of aliphatic hydroxyl groups is 1. The molecule has 0 bridgehead atoms. The van der Waals surface area contributed by atoms with Crippen LogP contribution in [0.2, 0.25) is 0 Å². The van der Waals surface area contributed by atoms with Crippen LogP contribution < -0.4 is 0 Å². The average Bonchev–Trinajstić information content (AvgIpc) is 2.62. The molecule has 1 fully saturated rings. The zero-order valence-electron chi connectivity index (χ0n) is 15.8. The first-order valence-corrected chi connectivity index (χ1v) is 9.62. The number of piperidine rings is 1. The Kier molecular flexibility index (Phi) is 5.61. The third kappa shape index (κ3) is 4.13. The number of nitrogens with zero attached hydrogens (tertiary/aromatic N) is 1. The zero-order chi connectivity index (χ0) is 17.9. The molecular weight excluding hydrogens is 306 g/mol. The van der Waals surface area contributed by atoms with E-state index in [4.69, 9.17) is 0 Å². The van der Waals surface area contributed by atoms with Crippen molar-refractivity contribution in [2.24, 2.45) is 0 Å². The second-order valence-corrected chi connectivity index (χ2v) is 7.80. The van der Waals surface area contributed by atoms with Gasteiger partial charge in [-0.3, -0.25) is 4.90 Å². The predicted molar refractivity (Wildman–Crippen MR) is 106 cm³/mol. The van der Waals surface area contributed by atoms with E-state index in [0.717, 1.165) is 29.7 Å². The molecule has 134 valence electrons. The smallest absolute Gasteiger partial charge is 0.0886 e. The Hall–Kier alpha value is -1.64. The van der Waals surface area contributed by atoms with Crippen molar-refractivity contribution < 1.29 is 5.11 Å². The molecule has 25 heavy (non-hydrogen) atoms. The van der Waals surface area contributed by atoms with E-state index in [2.05, 4.69) is 61.2 Å². The molecule has 1 saturated heterocycles. The number of likely N-dealkylation sites (tertiary alicyclic amines) is 1. The highest BCUT2D eigenvalue weighted by molar-refractivity contribution is 5.68. The summed E-state index contributed by atoms with van der Waals surface area (Å²) in [5, 5.41) is 11.3. The lowest BCUT2D eigenvalue weighted by atomic mass is 9.85. The van der Waals surface area contributed by atoms with Gasteiger partial charge in [-0.15, -0.1) is 0 Å². The van der Waals surface area contributed by atoms with Crippen LogP contribution in [-0.2, 0) is 5.60 Å². The quantitative estimate of drug-likeness (QED) is 0.809. The van der Waals surface area contributed by atoms with Gasteiger partial charge in [0.25, 0.3) is 0 Å². The van der Waals surface area contributed by atoms with Crippen molar-refractivity contribution in [2.75, 3.05) is 6.54 Å². The van der Waals surface area contributed by atoms with Crippen LogP contribution in [0.1, 0.15) is 52.0 Å². The van der Waals surface area contributed by atoms with Gasteiger partial charge in [0.05, 0.1) is 5.60 Å². The third-order valence-electron chi connectivity index (χ3n) is 5.83. The third-order valence-corrected chi connectivity index (χ3v) is 5.83. The maximum atomic E-state index is 11.3. The molecule has 3 atom stereocenters. The highest BCUT2D eigenvalue weighted by Crippen LogP contribution is 2.35. The molecule has 0 saturated carbocycles. The van der Waals surface area contributed by atoms with Gasteiger partial charge in [0, 0.05) is 18.6 Å². The van der Waals surface area contributed by atoms with E-state index in [1.165, 1.54) is 19.3 Å². The van der Waals surface area contributed by atoms with Crippen molar-refractivity contribution in [3.8, 4) is 11.1 Å². The Balaban J connectivity index is 1.81. The topological polar surface area (TPSA) is 23.5 Å². The van der Waals surface area contributed by atoms with Gasteiger partial charge in [-0.25, -0.2) is 0 Å². The molecule has 1 aliphatic heterocycles.